The van der Waals surface area contributed by atoms with Crippen molar-refractivity contribution in [2.24, 2.45) is 0 Å². The average molecular weight is 234 g/mol. The number of fused-ring (bicyclic) bond motifs is 1. The van der Waals surface area contributed by atoms with E-state index in [4.69, 9.17) is 0 Å². The molecule has 1 amide bonds. The van der Waals surface area contributed by atoms with Crippen LogP contribution >= 0.6 is 0 Å². The predicted molar refractivity (Wildman–Crippen MR) is 63.6 cm³/mol. The minimum atomic E-state index is -0.293. The Morgan fingerprint density at radius 1 is 1.35 bits per heavy atom. The summed E-state index contributed by atoms with van der Waals surface area (Å²) in [7, 11) is 0. The number of nitrogens with one attached hydrogen (secondary N) is 1. The van der Waals surface area contributed by atoms with Gasteiger partial charge >= 0.3 is 0 Å². The first-order valence-corrected chi connectivity index (χ1v) is 6.40. The van der Waals surface area contributed by atoms with Crippen molar-refractivity contribution in [3.8, 4) is 0 Å². The van der Waals surface area contributed by atoms with Gasteiger partial charge in [-0.15, -0.1) is 0 Å². The smallest absolute Gasteiger partial charge is 0.220 e. The lowest BCUT2D eigenvalue weighted by Crippen LogP contribution is -2.36. The molecule has 4 heteroatoms. The van der Waals surface area contributed by atoms with Crippen molar-refractivity contribution in [3.63, 3.8) is 0 Å². The van der Waals surface area contributed by atoms with E-state index in [1.165, 1.54) is 5.69 Å². The zero-order valence-corrected chi connectivity index (χ0v) is 9.85. The molecule has 1 aromatic heterocycles. The maximum absolute atomic E-state index is 11.2. The van der Waals surface area contributed by atoms with Gasteiger partial charge in [-0.25, -0.2) is 0 Å². The van der Waals surface area contributed by atoms with E-state index in [0.29, 0.717) is 12.5 Å². The third kappa shape index (κ3) is 1.86. The van der Waals surface area contributed by atoms with Crippen LogP contribution in [0.15, 0.2) is 12.3 Å². The van der Waals surface area contributed by atoms with Gasteiger partial charge in [0.2, 0.25) is 5.91 Å². The van der Waals surface area contributed by atoms with Gasteiger partial charge in [0, 0.05) is 30.4 Å². The van der Waals surface area contributed by atoms with Crippen LogP contribution in [-0.4, -0.2) is 22.1 Å². The number of amides is 1. The number of aliphatic hydroxyl groups is 1. The summed E-state index contributed by atoms with van der Waals surface area (Å²) in [4.78, 5) is 11.2. The summed E-state index contributed by atoms with van der Waals surface area (Å²) < 4.78 is 2.26. The molecule has 2 unspecified atom stereocenters. The van der Waals surface area contributed by atoms with Crippen LogP contribution in [0.5, 0.6) is 0 Å². The third-order valence-electron chi connectivity index (χ3n) is 3.94. The fourth-order valence-electron chi connectivity index (χ4n) is 2.99. The molecular weight excluding hydrogens is 216 g/mol. The van der Waals surface area contributed by atoms with Crippen molar-refractivity contribution in [2.45, 2.75) is 44.2 Å². The van der Waals surface area contributed by atoms with E-state index in [9.17, 15) is 9.90 Å². The first kappa shape index (κ1) is 10.8. The molecule has 0 radical (unpaired) electrons. The summed E-state index contributed by atoms with van der Waals surface area (Å²) in [5, 5.41) is 12.8. The van der Waals surface area contributed by atoms with Crippen LogP contribution in [-0.2, 0) is 11.2 Å². The maximum atomic E-state index is 11.2. The molecule has 0 aromatic carbocycles. The van der Waals surface area contributed by atoms with Gasteiger partial charge in [-0.05, 0) is 31.7 Å². The van der Waals surface area contributed by atoms with Crippen molar-refractivity contribution >= 4 is 5.91 Å². The van der Waals surface area contributed by atoms with Crippen molar-refractivity contribution < 1.29 is 9.90 Å². The Morgan fingerprint density at radius 2 is 2.24 bits per heavy atom. The van der Waals surface area contributed by atoms with E-state index in [1.54, 1.807) is 0 Å². The van der Waals surface area contributed by atoms with Crippen molar-refractivity contribution in [1.29, 1.82) is 0 Å². The number of aromatic nitrogens is 1. The number of piperidine rings is 1. The molecule has 0 saturated carbocycles. The molecule has 0 bridgehead atoms. The minimum absolute atomic E-state index is 0.155. The highest BCUT2D eigenvalue weighted by Crippen LogP contribution is 2.33. The topological polar surface area (TPSA) is 54.3 Å². The minimum Gasteiger partial charge on any atom is -0.388 e. The lowest BCUT2D eigenvalue weighted by atomic mass is 9.94. The molecule has 2 atom stereocenters. The normalized spacial score (nSPS) is 28.6. The maximum Gasteiger partial charge on any atom is 0.220 e. The van der Waals surface area contributed by atoms with Crippen LogP contribution < -0.4 is 5.32 Å². The highest BCUT2D eigenvalue weighted by atomic mass is 16.3. The Kier molecular flexibility index (Phi) is 2.67. The summed E-state index contributed by atoms with van der Waals surface area (Å²) in [5.41, 5.74) is 2.36. The summed E-state index contributed by atoms with van der Waals surface area (Å²) in [6, 6.07) is 2.40. The molecule has 17 heavy (non-hydrogen) atoms. The molecule has 1 aliphatic heterocycles. The Bertz CT molecular complexity index is 429. The Labute approximate surface area is 101 Å². The van der Waals surface area contributed by atoms with Gasteiger partial charge in [0.25, 0.3) is 0 Å². The number of carbonyl (C=O) groups is 1. The van der Waals surface area contributed by atoms with E-state index in [-0.39, 0.29) is 12.0 Å². The number of rotatable bonds is 1. The first-order valence-electron chi connectivity index (χ1n) is 6.40. The van der Waals surface area contributed by atoms with Gasteiger partial charge in [0.05, 0.1) is 12.1 Å². The van der Waals surface area contributed by atoms with Gasteiger partial charge in [-0.3, -0.25) is 4.79 Å². The third-order valence-corrected chi connectivity index (χ3v) is 3.94. The number of hydrogen-bond acceptors (Lipinski definition) is 2. The highest BCUT2D eigenvalue weighted by Gasteiger charge is 2.26. The lowest BCUT2D eigenvalue weighted by Gasteiger charge is -2.28. The number of hydrogen-bond donors (Lipinski definition) is 2. The highest BCUT2D eigenvalue weighted by molar-refractivity contribution is 5.76. The summed E-state index contributed by atoms with van der Waals surface area (Å²) >= 11 is 0. The molecule has 3 rings (SSSR count). The molecule has 2 aliphatic rings. The second kappa shape index (κ2) is 4.18. The standard InChI is InChI=1S/C13H18N2O2/c16-12-3-1-2-11-10(12)6-7-15(11)9-4-5-13(17)14-8-9/h6-7,9,12,16H,1-5,8H2,(H,14,17). The second-order valence-corrected chi connectivity index (χ2v) is 5.03. The summed E-state index contributed by atoms with van der Waals surface area (Å²) in [6.07, 6.45) is 6.27. The molecule has 2 heterocycles. The number of aliphatic hydroxyl groups excluding tert-OH is 1. The number of nitrogens with zero attached hydrogens (tertiary/aromatic N) is 1. The lowest BCUT2D eigenvalue weighted by molar-refractivity contribution is -0.122. The van der Waals surface area contributed by atoms with Crippen molar-refractivity contribution in [3.05, 3.63) is 23.5 Å². The second-order valence-electron chi connectivity index (χ2n) is 5.03. The fourth-order valence-corrected chi connectivity index (χ4v) is 2.99. The average Bonchev–Trinajstić information content (AvgIpc) is 2.75. The summed E-state index contributed by atoms with van der Waals surface area (Å²) in [6.45, 7) is 0.718. The monoisotopic (exact) mass is 234 g/mol. The quantitative estimate of drug-likeness (QED) is 0.769. The van der Waals surface area contributed by atoms with Crippen LogP contribution in [0.1, 0.15) is 49.1 Å². The zero-order valence-electron chi connectivity index (χ0n) is 9.85. The van der Waals surface area contributed by atoms with Crippen LogP contribution in [0.2, 0.25) is 0 Å². The Balaban J connectivity index is 1.86. The van der Waals surface area contributed by atoms with E-state index in [2.05, 4.69) is 16.1 Å². The van der Waals surface area contributed by atoms with Crippen molar-refractivity contribution in [1.82, 2.24) is 9.88 Å². The number of carbonyl (C=O) groups excluding carboxylic acids is 1. The van der Waals surface area contributed by atoms with Gasteiger partial charge in [0.1, 0.15) is 0 Å². The molecule has 2 N–H and O–H groups in total. The Hall–Kier alpha value is -1.29. The SMILES string of the molecule is O=C1CCC(n2ccc3c2CCCC3O)CN1. The van der Waals surface area contributed by atoms with Crippen LogP contribution in [0.3, 0.4) is 0 Å². The molecule has 0 spiro atoms. The van der Waals surface area contributed by atoms with E-state index in [1.807, 2.05) is 6.07 Å². The molecule has 1 saturated heterocycles. The van der Waals surface area contributed by atoms with E-state index < -0.39 is 0 Å². The Morgan fingerprint density at radius 3 is 3.00 bits per heavy atom. The van der Waals surface area contributed by atoms with Crippen LogP contribution in [0.4, 0.5) is 0 Å². The van der Waals surface area contributed by atoms with Gasteiger partial charge in [0.15, 0.2) is 0 Å². The zero-order chi connectivity index (χ0) is 11.8. The van der Waals surface area contributed by atoms with Crippen LogP contribution in [0, 0.1) is 0 Å². The van der Waals surface area contributed by atoms with E-state index in [0.717, 1.165) is 37.8 Å². The molecule has 1 aliphatic carbocycles. The van der Waals surface area contributed by atoms with Gasteiger partial charge < -0.3 is 15.0 Å². The van der Waals surface area contributed by atoms with E-state index >= 15 is 0 Å². The molecule has 4 nitrogen and oxygen atoms in total. The molecule has 92 valence electrons. The van der Waals surface area contributed by atoms with Gasteiger partial charge in [-0.2, -0.15) is 0 Å². The van der Waals surface area contributed by atoms with Gasteiger partial charge in [-0.1, -0.05) is 0 Å². The first-order chi connectivity index (χ1) is 8.25. The molecular formula is C13H18N2O2. The van der Waals surface area contributed by atoms with Crippen molar-refractivity contribution in [2.75, 3.05) is 6.54 Å². The largest absolute Gasteiger partial charge is 0.388 e. The molecule has 1 fully saturated rings. The van der Waals surface area contributed by atoms with Crippen LogP contribution in [0.25, 0.3) is 0 Å². The predicted octanol–water partition coefficient (Wildman–Crippen LogP) is 1.31. The molecule has 1 aromatic rings. The summed E-state index contributed by atoms with van der Waals surface area (Å²) in [5.74, 6) is 0.155. The fraction of sp³-hybridized carbons (Fsp3) is 0.615.